The van der Waals surface area contributed by atoms with Gasteiger partial charge in [-0.1, -0.05) is 42.0 Å². The van der Waals surface area contributed by atoms with Crippen LogP contribution in [0, 0.1) is 13.8 Å². The summed E-state index contributed by atoms with van der Waals surface area (Å²) in [5.74, 6) is -0.378. The molecule has 2 nitrogen and oxygen atoms in total. The first kappa shape index (κ1) is 11.4. The molecule has 0 aromatic heterocycles. The van der Waals surface area contributed by atoms with Crippen LogP contribution in [0.2, 0.25) is 0 Å². The lowest BCUT2D eigenvalue weighted by Crippen LogP contribution is -2.12. The Morgan fingerprint density at radius 1 is 0.941 bits per heavy atom. The third kappa shape index (κ3) is 2.36. The molecule has 0 spiro atoms. The minimum Gasteiger partial charge on any atom is -0.366 e. The Morgan fingerprint density at radius 3 is 2.12 bits per heavy atom. The van der Waals surface area contributed by atoms with Crippen molar-refractivity contribution in [1.82, 2.24) is 0 Å². The lowest BCUT2D eigenvalue weighted by molar-refractivity contribution is 0.1000. The Balaban J connectivity index is 2.50. The molecule has 2 aromatic rings. The average molecular weight is 225 g/mol. The van der Waals surface area contributed by atoms with Crippen LogP contribution in [0.3, 0.4) is 0 Å². The molecular formula is C15H15NO. The van der Waals surface area contributed by atoms with E-state index in [1.807, 2.05) is 44.2 Å². The van der Waals surface area contributed by atoms with E-state index in [9.17, 15) is 4.79 Å². The lowest BCUT2D eigenvalue weighted by Gasteiger charge is -2.06. The summed E-state index contributed by atoms with van der Waals surface area (Å²) in [4.78, 5) is 11.3. The van der Waals surface area contributed by atoms with Crippen molar-refractivity contribution in [2.45, 2.75) is 13.8 Å². The van der Waals surface area contributed by atoms with Gasteiger partial charge in [-0.2, -0.15) is 0 Å². The second-order valence-corrected chi connectivity index (χ2v) is 4.26. The highest BCUT2D eigenvalue weighted by atomic mass is 16.1. The van der Waals surface area contributed by atoms with Crippen LogP contribution in [0.5, 0.6) is 0 Å². The molecule has 0 aliphatic heterocycles. The molecule has 2 rings (SSSR count). The first-order valence-corrected chi connectivity index (χ1v) is 5.55. The van der Waals surface area contributed by atoms with Crippen LogP contribution in [-0.4, -0.2) is 5.91 Å². The van der Waals surface area contributed by atoms with Crippen LogP contribution in [0.4, 0.5) is 0 Å². The number of nitrogens with two attached hydrogens (primary N) is 1. The Hall–Kier alpha value is -2.09. The first-order valence-electron chi connectivity index (χ1n) is 5.55. The number of carbonyl (C=O) groups excluding carboxylic acids is 1. The van der Waals surface area contributed by atoms with E-state index in [2.05, 4.69) is 12.1 Å². The summed E-state index contributed by atoms with van der Waals surface area (Å²) in [6.45, 7) is 3.94. The van der Waals surface area contributed by atoms with E-state index < -0.39 is 0 Å². The summed E-state index contributed by atoms with van der Waals surface area (Å²) in [5, 5.41) is 0. The molecular weight excluding hydrogens is 210 g/mol. The van der Waals surface area contributed by atoms with Crippen molar-refractivity contribution in [3.63, 3.8) is 0 Å². The zero-order valence-electron chi connectivity index (χ0n) is 10.0. The fraction of sp³-hybridized carbons (Fsp3) is 0.133. The van der Waals surface area contributed by atoms with E-state index in [0.717, 1.165) is 16.7 Å². The Bertz CT molecular complexity index is 556. The SMILES string of the molecule is Cc1ccc(-c2ccc(C)c(C(N)=O)c2)cc1. The summed E-state index contributed by atoms with van der Waals surface area (Å²) >= 11 is 0. The van der Waals surface area contributed by atoms with Gasteiger partial charge in [0.1, 0.15) is 0 Å². The van der Waals surface area contributed by atoms with E-state index in [0.29, 0.717) is 5.56 Å². The van der Waals surface area contributed by atoms with Gasteiger partial charge in [0.05, 0.1) is 0 Å². The molecule has 0 aliphatic carbocycles. The number of carbonyl (C=O) groups is 1. The van der Waals surface area contributed by atoms with Crippen molar-refractivity contribution in [1.29, 1.82) is 0 Å². The van der Waals surface area contributed by atoms with Crippen molar-refractivity contribution >= 4 is 5.91 Å². The Morgan fingerprint density at radius 2 is 1.53 bits per heavy atom. The van der Waals surface area contributed by atoms with Crippen LogP contribution < -0.4 is 5.73 Å². The highest BCUT2D eigenvalue weighted by Crippen LogP contribution is 2.22. The first-order chi connectivity index (χ1) is 8.08. The molecule has 2 aromatic carbocycles. The number of hydrogen-bond acceptors (Lipinski definition) is 1. The molecule has 0 unspecified atom stereocenters. The van der Waals surface area contributed by atoms with Crippen molar-refractivity contribution < 1.29 is 4.79 Å². The molecule has 0 saturated heterocycles. The maximum atomic E-state index is 11.3. The lowest BCUT2D eigenvalue weighted by atomic mass is 9.99. The van der Waals surface area contributed by atoms with E-state index >= 15 is 0 Å². The summed E-state index contributed by atoms with van der Waals surface area (Å²) in [7, 11) is 0. The van der Waals surface area contributed by atoms with Crippen LogP contribution >= 0.6 is 0 Å². The van der Waals surface area contributed by atoms with Gasteiger partial charge in [-0.15, -0.1) is 0 Å². The molecule has 86 valence electrons. The third-order valence-corrected chi connectivity index (χ3v) is 2.89. The third-order valence-electron chi connectivity index (χ3n) is 2.89. The fourth-order valence-corrected chi connectivity index (χ4v) is 1.81. The number of rotatable bonds is 2. The average Bonchev–Trinajstić information content (AvgIpc) is 2.30. The molecule has 2 N–H and O–H groups in total. The zero-order chi connectivity index (χ0) is 12.4. The maximum Gasteiger partial charge on any atom is 0.248 e. The standard InChI is InChI=1S/C15H15NO/c1-10-3-6-12(7-4-10)13-8-5-11(2)14(9-13)15(16)17/h3-9H,1-2H3,(H2,16,17). The minimum atomic E-state index is -0.378. The number of hydrogen-bond donors (Lipinski definition) is 1. The predicted octanol–water partition coefficient (Wildman–Crippen LogP) is 3.07. The molecule has 1 amide bonds. The smallest absolute Gasteiger partial charge is 0.248 e. The van der Waals surface area contributed by atoms with E-state index in [1.165, 1.54) is 5.56 Å². The topological polar surface area (TPSA) is 43.1 Å². The van der Waals surface area contributed by atoms with E-state index in [4.69, 9.17) is 5.73 Å². The van der Waals surface area contributed by atoms with Gasteiger partial charge in [-0.25, -0.2) is 0 Å². The van der Waals surface area contributed by atoms with Gasteiger partial charge in [0.25, 0.3) is 0 Å². The second kappa shape index (κ2) is 4.42. The van der Waals surface area contributed by atoms with Crippen LogP contribution in [0.25, 0.3) is 11.1 Å². The molecule has 0 fully saturated rings. The molecule has 0 radical (unpaired) electrons. The largest absolute Gasteiger partial charge is 0.366 e. The van der Waals surface area contributed by atoms with Crippen molar-refractivity contribution in [2.75, 3.05) is 0 Å². The number of amides is 1. The highest BCUT2D eigenvalue weighted by Gasteiger charge is 2.06. The summed E-state index contributed by atoms with van der Waals surface area (Å²) in [6.07, 6.45) is 0. The number of aryl methyl sites for hydroxylation is 2. The molecule has 17 heavy (non-hydrogen) atoms. The monoisotopic (exact) mass is 225 g/mol. The molecule has 0 saturated carbocycles. The van der Waals surface area contributed by atoms with E-state index in [1.54, 1.807) is 0 Å². The van der Waals surface area contributed by atoms with Crippen molar-refractivity contribution in [3.8, 4) is 11.1 Å². The summed E-state index contributed by atoms with van der Waals surface area (Å²) < 4.78 is 0. The van der Waals surface area contributed by atoms with Crippen LogP contribution in [0.15, 0.2) is 42.5 Å². The molecule has 0 heterocycles. The summed E-state index contributed by atoms with van der Waals surface area (Å²) in [6, 6.07) is 14.0. The summed E-state index contributed by atoms with van der Waals surface area (Å²) in [5.41, 5.74) is 10.2. The van der Waals surface area contributed by atoms with Gasteiger partial charge < -0.3 is 5.73 Å². The van der Waals surface area contributed by atoms with Crippen molar-refractivity contribution in [3.05, 3.63) is 59.2 Å². The Kier molecular flexibility index (Phi) is 2.96. The number of benzene rings is 2. The van der Waals surface area contributed by atoms with Gasteiger partial charge in [-0.3, -0.25) is 4.79 Å². The van der Waals surface area contributed by atoms with Crippen LogP contribution in [0.1, 0.15) is 21.5 Å². The second-order valence-electron chi connectivity index (χ2n) is 4.26. The normalized spacial score (nSPS) is 10.2. The maximum absolute atomic E-state index is 11.3. The fourth-order valence-electron chi connectivity index (χ4n) is 1.81. The predicted molar refractivity (Wildman–Crippen MR) is 69.9 cm³/mol. The van der Waals surface area contributed by atoms with Gasteiger partial charge in [-0.05, 0) is 36.6 Å². The van der Waals surface area contributed by atoms with Gasteiger partial charge in [0, 0.05) is 5.56 Å². The molecule has 0 aliphatic rings. The number of primary amides is 1. The van der Waals surface area contributed by atoms with Crippen LogP contribution in [-0.2, 0) is 0 Å². The van der Waals surface area contributed by atoms with Crippen molar-refractivity contribution in [2.24, 2.45) is 5.73 Å². The zero-order valence-corrected chi connectivity index (χ0v) is 10.0. The van der Waals surface area contributed by atoms with Gasteiger partial charge in [0.2, 0.25) is 5.91 Å². The quantitative estimate of drug-likeness (QED) is 0.838. The molecule has 0 atom stereocenters. The molecule has 2 heteroatoms. The van der Waals surface area contributed by atoms with Gasteiger partial charge in [0.15, 0.2) is 0 Å². The molecule has 0 bridgehead atoms. The minimum absolute atomic E-state index is 0.378. The van der Waals surface area contributed by atoms with E-state index in [-0.39, 0.29) is 5.91 Å². The highest BCUT2D eigenvalue weighted by molar-refractivity contribution is 5.95. The van der Waals surface area contributed by atoms with Gasteiger partial charge >= 0.3 is 0 Å². The Labute approximate surface area is 101 Å².